The fourth-order valence-corrected chi connectivity index (χ4v) is 3.92. The van der Waals surface area contributed by atoms with E-state index in [2.05, 4.69) is 33.0 Å². The van der Waals surface area contributed by atoms with Gasteiger partial charge in [-0.2, -0.15) is 0 Å². The monoisotopic (exact) mass is 267 g/mol. The van der Waals surface area contributed by atoms with Gasteiger partial charge in [0.05, 0.1) is 6.61 Å². The first-order valence-corrected chi connectivity index (χ1v) is 7.65. The van der Waals surface area contributed by atoms with E-state index in [1.165, 1.54) is 19.3 Å². The summed E-state index contributed by atoms with van der Waals surface area (Å²) in [5.74, 6) is 0.285. The molecule has 2 aliphatic rings. The maximum Gasteiger partial charge on any atom is 0.224 e. The van der Waals surface area contributed by atoms with Crippen molar-refractivity contribution in [1.82, 2.24) is 5.32 Å². The fraction of sp³-hybridized carbons (Fsp3) is 0.938. The van der Waals surface area contributed by atoms with E-state index in [4.69, 9.17) is 0 Å². The van der Waals surface area contributed by atoms with Crippen molar-refractivity contribution in [3.05, 3.63) is 0 Å². The standard InChI is InChI=1S/C16H29NO2/c1-14(2)12(15(14,3)4)13(19)17-10-16(11-18)8-6-5-7-9-16/h12,18H,5-11H2,1-4H3,(H,17,19). The molecule has 0 aromatic carbocycles. The Kier molecular flexibility index (Phi) is 3.72. The number of aliphatic hydroxyl groups is 1. The molecule has 0 unspecified atom stereocenters. The zero-order valence-corrected chi connectivity index (χ0v) is 12.9. The minimum atomic E-state index is -0.0584. The van der Waals surface area contributed by atoms with Crippen LogP contribution in [-0.4, -0.2) is 24.2 Å². The minimum absolute atomic E-state index is 0.0584. The molecule has 2 rings (SSSR count). The Morgan fingerprint density at radius 3 is 2.05 bits per heavy atom. The maximum absolute atomic E-state index is 12.3. The van der Waals surface area contributed by atoms with Gasteiger partial charge < -0.3 is 10.4 Å². The zero-order valence-electron chi connectivity index (χ0n) is 12.9. The average molecular weight is 267 g/mol. The largest absolute Gasteiger partial charge is 0.396 e. The third kappa shape index (κ3) is 2.42. The molecule has 3 nitrogen and oxygen atoms in total. The number of amides is 1. The topological polar surface area (TPSA) is 49.3 Å². The van der Waals surface area contributed by atoms with Gasteiger partial charge in [-0.15, -0.1) is 0 Å². The summed E-state index contributed by atoms with van der Waals surface area (Å²) in [7, 11) is 0. The van der Waals surface area contributed by atoms with Gasteiger partial charge in [-0.25, -0.2) is 0 Å². The second kappa shape index (κ2) is 4.76. The van der Waals surface area contributed by atoms with E-state index in [0.29, 0.717) is 6.54 Å². The Hall–Kier alpha value is -0.570. The molecule has 0 aromatic heterocycles. The molecule has 2 saturated carbocycles. The molecule has 2 N–H and O–H groups in total. The highest BCUT2D eigenvalue weighted by Crippen LogP contribution is 2.68. The molecule has 0 spiro atoms. The van der Waals surface area contributed by atoms with Crippen LogP contribution in [0.25, 0.3) is 0 Å². The Morgan fingerprint density at radius 1 is 1.11 bits per heavy atom. The summed E-state index contributed by atoms with van der Waals surface area (Å²) in [5.41, 5.74) is 0.128. The van der Waals surface area contributed by atoms with Crippen molar-refractivity contribution >= 4 is 5.91 Å². The van der Waals surface area contributed by atoms with Crippen molar-refractivity contribution in [2.24, 2.45) is 22.2 Å². The van der Waals surface area contributed by atoms with Crippen molar-refractivity contribution in [1.29, 1.82) is 0 Å². The minimum Gasteiger partial charge on any atom is -0.396 e. The van der Waals surface area contributed by atoms with Crippen molar-refractivity contribution in [2.75, 3.05) is 13.2 Å². The smallest absolute Gasteiger partial charge is 0.224 e. The molecule has 2 fully saturated rings. The molecule has 0 saturated heterocycles. The van der Waals surface area contributed by atoms with Crippen LogP contribution in [-0.2, 0) is 4.79 Å². The second-order valence-electron chi connectivity index (χ2n) is 7.81. The number of aliphatic hydroxyl groups excluding tert-OH is 1. The Labute approximate surface area is 117 Å². The molecular weight excluding hydrogens is 238 g/mol. The number of rotatable bonds is 4. The predicted octanol–water partition coefficient (Wildman–Crippen LogP) is 2.73. The van der Waals surface area contributed by atoms with Gasteiger partial charge in [0.25, 0.3) is 0 Å². The highest BCUT2D eigenvalue weighted by atomic mass is 16.3. The van der Waals surface area contributed by atoms with Gasteiger partial charge in [-0.05, 0) is 23.7 Å². The highest BCUT2D eigenvalue weighted by Gasteiger charge is 2.68. The van der Waals surface area contributed by atoms with Crippen LogP contribution in [0, 0.1) is 22.2 Å². The molecule has 0 radical (unpaired) electrons. The SMILES string of the molecule is CC1(C)C(C(=O)NCC2(CO)CCCCC2)C1(C)C. The van der Waals surface area contributed by atoms with E-state index in [-0.39, 0.29) is 34.7 Å². The molecule has 19 heavy (non-hydrogen) atoms. The normalized spacial score (nSPS) is 27.8. The molecule has 1 amide bonds. The van der Waals surface area contributed by atoms with E-state index in [1.807, 2.05) is 0 Å². The number of carbonyl (C=O) groups is 1. The molecule has 0 aromatic rings. The molecule has 2 aliphatic carbocycles. The van der Waals surface area contributed by atoms with E-state index in [1.54, 1.807) is 0 Å². The van der Waals surface area contributed by atoms with Crippen LogP contribution >= 0.6 is 0 Å². The fourth-order valence-electron chi connectivity index (χ4n) is 3.92. The van der Waals surface area contributed by atoms with Crippen molar-refractivity contribution < 1.29 is 9.90 Å². The van der Waals surface area contributed by atoms with Crippen LogP contribution in [0.15, 0.2) is 0 Å². The van der Waals surface area contributed by atoms with Crippen LogP contribution in [0.5, 0.6) is 0 Å². The van der Waals surface area contributed by atoms with Gasteiger partial charge in [-0.3, -0.25) is 4.79 Å². The summed E-state index contributed by atoms with van der Waals surface area (Å²) in [6, 6.07) is 0. The molecule has 0 bridgehead atoms. The Bertz CT molecular complexity index is 340. The molecule has 110 valence electrons. The number of hydrogen-bond donors (Lipinski definition) is 2. The molecule has 0 heterocycles. The van der Waals surface area contributed by atoms with Gasteiger partial charge in [0.2, 0.25) is 5.91 Å². The lowest BCUT2D eigenvalue weighted by Crippen LogP contribution is -2.42. The van der Waals surface area contributed by atoms with Gasteiger partial charge in [0, 0.05) is 17.9 Å². The van der Waals surface area contributed by atoms with Crippen molar-refractivity contribution in [3.63, 3.8) is 0 Å². The number of carbonyl (C=O) groups excluding carboxylic acids is 1. The molecule has 3 heteroatoms. The van der Waals surface area contributed by atoms with E-state index < -0.39 is 0 Å². The lowest BCUT2D eigenvalue weighted by molar-refractivity contribution is -0.124. The van der Waals surface area contributed by atoms with Crippen LogP contribution in [0.1, 0.15) is 59.8 Å². The first-order valence-electron chi connectivity index (χ1n) is 7.65. The Balaban J connectivity index is 1.90. The highest BCUT2D eigenvalue weighted by molar-refractivity contribution is 5.84. The third-order valence-corrected chi connectivity index (χ3v) is 6.17. The van der Waals surface area contributed by atoms with Crippen LogP contribution in [0.3, 0.4) is 0 Å². The maximum atomic E-state index is 12.3. The quantitative estimate of drug-likeness (QED) is 0.823. The van der Waals surface area contributed by atoms with Crippen molar-refractivity contribution in [2.45, 2.75) is 59.8 Å². The summed E-state index contributed by atoms with van der Waals surface area (Å²) >= 11 is 0. The molecule has 0 aliphatic heterocycles. The van der Waals surface area contributed by atoms with Gasteiger partial charge in [0.1, 0.15) is 0 Å². The average Bonchev–Trinajstić information content (AvgIpc) is 2.78. The third-order valence-electron chi connectivity index (χ3n) is 6.17. The zero-order chi connectivity index (χ0) is 14.3. The van der Waals surface area contributed by atoms with Crippen LogP contribution in [0.2, 0.25) is 0 Å². The van der Waals surface area contributed by atoms with Crippen LogP contribution < -0.4 is 5.32 Å². The summed E-state index contributed by atoms with van der Waals surface area (Å²) in [6.07, 6.45) is 5.70. The molecular formula is C16H29NO2. The summed E-state index contributed by atoms with van der Waals surface area (Å²) < 4.78 is 0. The van der Waals surface area contributed by atoms with Gasteiger partial charge in [0.15, 0.2) is 0 Å². The second-order valence-corrected chi connectivity index (χ2v) is 7.81. The van der Waals surface area contributed by atoms with Gasteiger partial charge in [-0.1, -0.05) is 47.0 Å². The van der Waals surface area contributed by atoms with Crippen LogP contribution in [0.4, 0.5) is 0 Å². The van der Waals surface area contributed by atoms with E-state index in [0.717, 1.165) is 12.8 Å². The predicted molar refractivity (Wildman–Crippen MR) is 76.7 cm³/mol. The van der Waals surface area contributed by atoms with Gasteiger partial charge >= 0.3 is 0 Å². The first kappa shape index (κ1) is 14.8. The number of hydrogen-bond acceptors (Lipinski definition) is 2. The Morgan fingerprint density at radius 2 is 1.63 bits per heavy atom. The number of nitrogens with one attached hydrogen (secondary N) is 1. The summed E-state index contributed by atoms with van der Waals surface area (Å²) in [5, 5.41) is 12.8. The summed E-state index contributed by atoms with van der Waals surface area (Å²) in [6.45, 7) is 9.51. The first-order chi connectivity index (χ1) is 8.77. The van der Waals surface area contributed by atoms with Crippen molar-refractivity contribution in [3.8, 4) is 0 Å². The molecule has 0 atom stereocenters. The van der Waals surface area contributed by atoms with E-state index in [9.17, 15) is 9.90 Å². The lowest BCUT2D eigenvalue weighted by atomic mass is 9.74. The lowest BCUT2D eigenvalue weighted by Gasteiger charge is -2.35. The summed E-state index contributed by atoms with van der Waals surface area (Å²) in [4.78, 5) is 12.3. The van der Waals surface area contributed by atoms with E-state index >= 15 is 0 Å².